The molecule has 2 aromatic rings. The van der Waals surface area contributed by atoms with E-state index in [2.05, 4.69) is 6.92 Å². The number of fused-ring (bicyclic) bond motifs is 1. The number of hydrogen-bond acceptors (Lipinski definition) is 2. The maximum Gasteiger partial charge on any atom is 0.134 e. The molecule has 1 fully saturated rings. The first-order chi connectivity index (χ1) is 9.14. The summed E-state index contributed by atoms with van der Waals surface area (Å²) in [7, 11) is 0. The van der Waals surface area contributed by atoms with Crippen LogP contribution in [0.15, 0.2) is 28.7 Å². The maximum absolute atomic E-state index is 13.2. The molecule has 0 amide bonds. The molecule has 0 spiro atoms. The molecule has 1 aliphatic rings. The van der Waals surface area contributed by atoms with Crippen LogP contribution in [0.3, 0.4) is 0 Å². The Morgan fingerprint density at radius 3 is 2.74 bits per heavy atom. The van der Waals surface area contributed by atoms with Crippen molar-refractivity contribution >= 4 is 11.0 Å². The second kappa shape index (κ2) is 4.64. The molecule has 1 aromatic heterocycles. The Balaban J connectivity index is 1.99. The number of furan rings is 1. The van der Waals surface area contributed by atoms with Gasteiger partial charge < -0.3 is 10.2 Å². The zero-order valence-electron chi connectivity index (χ0n) is 11.3. The summed E-state index contributed by atoms with van der Waals surface area (Å²) in [6.07, 6.45) is 5.89. The molecule has 0 radical (unpaired) electrons. The molecule has 1 atom stereocenters. The molecular formula is C16H20FNO. The quantitative estimate of drug-likeness (QED) is 0.880. The summed E-state index contributed by atoms with van der Waals surface area (Å²) in [4.78, 5) is 0. The first-order valence-corrected chi connectivity index (χ1v) is 7.09. The van der Waals surface area contributed by atoms with Crippen LogP contribution in [0.1, 0.15) is 50.8 Å². The number of benzene rings is 1. The van der Waals surface area contributed by atoms with Crippen molar-refractivity contribution < 1.29 is 8.81 Å². The van der Waals surface area contributed by atoms with Crippen LogP contribution < -0.4 is 5.73 Å². The van der Waals surface area contributed by atoms with E-state index < -0.39 is 0 Å². The maximum atomic E-state index is 13.2. The lowest BCUT2D eigenvalue weighted by atomic mass is 9.75. The van der Waals surface area contributed by atoms with Gasteiger partial charge in [-0.1, -0.05) is 19.8 Å². The lowest BCUT2D eigenvalue weighted by molar-refractivity contribution is 0.202. The topological polar surface area (TPSA) is 39.2 Å². The molecule has 3 rings (SSSR count). The lowest BCUT2D eigenvalue weighted by Crippen LogP contribution is -2.31. The average Bonchev–Trinajstić information content (AvgIpc) is 3.04. The predicted molar refractivity (Wildman–Crippen MR) is 74.3 cm³/mol. The van der Waals surface area contributed by atoms with E-state index in [9.17, 15) is 4.39 Å². The van der Waals surface area contributed by atoms with Crippen LogP contribution in [0.25, 0.3) is 11.0 Å². The molecule has 1 unspecified atom stereocenters. The highest BCUT2D eigenvalue weighted by atomic mass is 19.1. The van der Waals surface area contributed by atoms with Crippen molar-refractivity contribution in [1.29, 1.82) is 0 Å². The summed E-state index contributed by atoms with van der Waals surface area (Å²) >= 11 is 0. The minimum atomic E-state index is -0.237. The smallest absolute Gasteiger partial charge is 0.134 e. The van der Waals surface area contributed by atoms with E-state index in [1.807, 2.05) is 6.07 Å². The monoisotopic (exact) mass is 261 g/mol. The SMILES string of the molecule is CCC1(C(N)c2cc3cc(F)ccc3o2)CCCC1. The zero-order valence-corrected chi connectivity index (χ0v) is 11.3. The van der Waals surface area contributed by atoms with E-state index in [0.29, 0.717) is 0 Å². The molecule has 19 heavy (non-hydrogen) atoms. The number of hydrogen-bond donors (Lipinski definition) is 1. The summed E-state index contributed by atoms with van der Waals surface area (Å²) in [5.74, 6) is 0.559. The Hall–Kier alpha value is -1.35. The Morgan fingerprint density at radius 2 is 2.05 bits per heavy atom. The van der Waals surface area contributed by atoms with E-state index in [1.54, 1.807) is 6.07 Å². The van der Waals surface area contributed by atoms with Crippen molar-refractivity contribution in [2.45, 2.75) is 45.1 Å². The molecule has 0 bridgehead atoms. The average molecular weight is 261 g/mol. The van der Waals surface area contributed by atoms with Crippen molar-refractivity contribution in [3.63, 3.8) is 0 Å². The van der Waals surface area contributed by atoms with E-state index in [0.717, 1.165) is 36.0 Å². The minimum absolute atomic E-state index is 0.0875. The second-order valence-corrected chi connectivity index (χ2v) is 5.73. The first kappa shape index (κ1) is 12.7. The van der Waals surface area contributed by atoms with Crippen molar-refractivity contribution in [3.8, 4) is 0 Å². The lowest BCUT2D eigenvalue weighted by Gasteiger charge is -2.32. The van der Waals surface area contributed by atoms with E-state index in [1.165, 1.54) is 25.0 Å². The van der Waals surface area contributed by atoms with Crippen LogP contribution in [0, 0.1) is 11.2 Å². The minimum Gasteiger partial charge on any atom is -0.459 e. The molecule has 2 nitrogen and oxygen atoms in total. The largest absolute Gasteiger partial charge is 0.459 e. The predicted octanol–water partition coefficient (Wildman–Crippen LogP) is 4.54. The number of halogens is 1. The van der Waals surface area contributed by atoms with E-state index in [4.69, 9.17) is 10.2 Å². The first-order valence-electron chi connectivity index (χ1n) is 7.09. The van der Waals surface area contributed by atoms with Crippen LogP contribution in [-0.2, 0) is 0 Å². The van der Waals surface area contributed by atoms with Gasteiger partial charge in [0.15, 0.2) is 0 Å². The van der Waals surface area contributed by atoms with Crippen molar-refractivity contribution in [2.75, 3.05) is 0 Å². The fourth-order valence-corrected chi connectivity index (χ4v) is 3.45. The van der Waals surface area contributed by atoms with Gasteiger partial charge in [0.1, 0.15) is 17.2 Å². The van der Waals surface area contributed by atoms with Gasteiger partial charge in [-0.15, -0.1) is 0 Å². The summed E-state index contributed by atoms with van der Waals surface area (Å²) in [6.45, 7) is 2.20. The highest BCUT2D eigenvalue weighted by Crippen LogP contribution is 2.49. The summed E-state index contributed by atoms with van der Waals surface area (Å²) in [6, 6.07) is 6.41. The van der Waals surface area contributed by atoms with Crippen molar-refractivity contribution in [2.24, 2.45) is 11.1 Å². The molecule has 1 aliphatic carbocycles. The highest BCUT2D eigenvalue weighted by Gasteiger charge is 2.40. The van der Waals surface area contributed by atoms with Gasteiger partial charge >= 0.3 is 0 Å². The van der Waals surface area contributed by atoms with E-state index in [-0.39, 0.29) is 17.3 Å². The molecule has 102 valence electrons. The van der Waals surface area contributed by atoms with Gasteiger partial charge in [0.05, 0.1) is 6.04 Å². The van der Waals surface area contributed by atoms with Crippen molar-refractivity contribution in [3.05, 3.63) is 35.8 Å². The van der Waals surface area contributed by atoms with Gasteiger partial charge in [-0.05, 0) is 48.9 Å². The fraction of sp³-hybridized carbons (Fsp3) is 0.500. The van der Waals surface area contributed by atoms with Crippen LogP contribution in [0.5, 0.6) is 0 Å². The van der Waals surface area contributed by atoms with Crippen LogP contribution in [0.2, 0.25) is 0 Å². The number of rotatable bonds is 3. The van der Waals surface area contributed by atoms with Crippen molar-refractivity contribution in [1.82, 2.24) is 0 Å². The summed E-state index contributed by atoms with van der Waals surface area (Å²) in [5, 5.41) is 0.801. The molecule has 1 aromatic carbocycles. The molecule has 0 saturated heterocycles. The molecule has 1 saturated carbocycles. The van der Waals surface area contributed by atoms with Gasteiger partial charge in [0.2, 0.25) is 0 Å². The molecule has 0 aliphatic heterocycles. The Labute approximate surface area is 112 Å². The third kappa shape index (κ3) is 2.06. The standard InChI is InChI=1S/C16H20FNO/c1-2-16(7-3-4-8-16)15(18)14-10-11-9-12(17)5-6-13(11)19-14/h5-6,9-10,15H,2-4,7-8,18H2,1H3. The van der Waals surface area contributed by atoms with Gasteiger partial charge in [-0.2, -0.15) is 0 Å². The normalized spacial score (nSPS) is 19.9. The Morgan fingerprint density at radius 1 is 1.32 bits per heavy atom. The van der Waals surface area contributed by atoms with Gasteiger partial charge in [0, 0.05) is 5.39 Å². The van der Waals surface area contributed by atoms with E-state index >= 15 is 0 Å². The van der Waals surface area contributed by atoms with Gasteiger partial charge in [-0.25, -0.2) is 4.39 Å². The Kier molecular flexibility index (Phi) is 3.09. The third-order valence-electron chi connectivity index (χ3n) is 4.77. The Bertz CT molecular complexity index is 583. The van der Waals surface area contributed by atoms with Crippen LogP contribution >= 0.6 is 0 Å². The van der Waals surface area contributed by atoms with Crippen LogP contribution in [-0.4, -0.2) is 0 Å². The fourth-order valence-electron chi connectivity index (χ4n) is 3.45. The van der Waals surface area contributed by atoms with Gasteiger partial charge in [0.25, 0.3) is 0 Å². The summed E-state index contributed by atoms with van der Waals surface area (Å²) in [5.41, 5.74) is 7.34. The molecular weight excluding hydrogens is 241 g/mol. The van der Waals surface area contributed by atoms with Gasteiger partial charge in [-0.3, -0.25) is 0 Å². The highest BCUT2D eigenvalue weighted by molar-refractivity contribution is 5.78. The number of nitrogens with two attached hydrogens (primary N) is 1. The third-order valence-corrected chi connectivity index (χ3v) is 4.77. The summed E-state index contributed by atoms with van der Waals surface area (Å²) < 4.78 is 19.0. The zero-order chi connectivity index (χ0) is 13.5. The molecule has 3 heteroatoms. The van der Waals surface area contributed by atoms with Crippen LogP contribution in [0.4, 0.5) is 4.39 Å². The molecule has 1 heterocycles. The second-order valence-electron chi connectivity index (χ2n) is 5.73. The molecule has 2 N–H and O–H groups in total.